The molecule has 0 saturated heterocycles. The van der Waals surface area contributed by atoms with Crippen LogP contribution >= 0.6 is 0 Å². The van der Waals surface area contributed by atoms with E-state index >= 15 is 0 Å². The summed E-state index contributed by atoms with van der Waals surface area (Å²) in [4.78, 5) is 11.3. The van der Waals surface area contributed by atoms with Gasteiger partial charge in [-0.25, -0.2) is 0 Å². The highest BCUT2D eigenvalue weighted by Gasteiger charge is 2.25. The molecule has 0 aromatic heterocycles. The molecule has 0 aliphatic carbocycles. The third-order valence-electron chi connectivity index (χ3n) is 1.80. The lowest BCUT2D eigenvalue weighted by atomic mass is 9.99. The van der Waals surface area contributed by atoms with Gasteiger partial charge in [-0.2, -0.15) is 0 Å². The van der Waals surface area contributed by atoms with Crippen molar-refractivity contribution in [1.82, 2.24) is 5.32 Å². The monoisotopic (exact) mass is 170 g/mol. The minimum atomic E-state index is -0.755. The average molecular weight is 170 g/mol. The van der Waals surface area contributed by atoms with Crippen LogP contribution < -0.4 is 11.1 Å². The fourth-order valence-corrected chi connectivity index (χ4v) is 0.594. The van der Waals surface area contributed by atoms with Crippen LogP contribution in [0.25, 0.3) is 0 Å². The second-order valence-electron chi connectivity index (χ2n) is 3.41. The molecule has 1 unspecified atom stereocenters. The van der Waals surface area contributed by atoms with Crippen LogP contribution in [0.5, 0.6) is 0 Å². The van der Waals surface area contributed by atoms with E-state index in [0.717, 1.165) is 5.57 Å². The molecule has 3 N–H and O–H groups in total. The second kappa shape index (κ2) is 4.26. The molecule has 0 aromatic rings. The third-order valence-corrected chi connectivity index (χ3v) is 1.80. The van der Waals surface area contributed by atoms with Gasteiger partial charge in [-0.1, -0.05) is 19.1 Å². The zero-order valence-electron chi connectivity index (χ0n) is 8.11. The molecule has 1 amide bonds. The Kier molecular flexibility index (Phi) is 3.96. The summed E-state index contributed by atoms with van der Waals surface area (Å²) >= 11 is 0. The molecule has 0 spiro atoms. The van der Waals surface area contributed by atoms with E-state index in [1.165, 1.54) is 0 Å². The molecule has 0 aliphatic rings. The lowest BCUT2D eigenvalue weighted by molar-refractivity contribution is -0.125. The Bertz CT molecular complexity index is 185. The van der Waals surface area contributed by atoms with Gasteiger partial charge >= 0.3 is 0 Å². The van der Waals surface area contributed by atoms with E-state index in [-0.39, 0.29) is 5.91 Å². The molecule has 0 fully saturated rings. The number of nitrogens with two attached hydrogens (primary N) is 1. The first-order valence-corrected chi connectivity index (χ1v) is 4.11. The van der Waals surface area contributed by atoms with Crippen LogP contribution in [-0.4, -0.2) is 18.0 Å². The molecule has 70 valence electrons. The van der Waals surface area contributed by atoms with Crippen molar-refractivity contribution in [3.63, 3.8) is 0 Å². The Morgan fingerprint density at radius 3 is 2.50 bits per heavy atom. The maximum absolute atomic E-state index is 11.3. The van der Waals surface area contributed by atoms with E-state index in [9.17, 15) is 4.79 Å². The van der Waals surface area contributed by atoms with Crippen molar-refractivity contribution >= 4 is 5.91 Å². The molecule has 0 aromatic carbocycles. The summed E-state index contributed by atoms with van der Waals surface area (Å²) in [6.07, 6.45) is 0.634. The van der Waals surface area contributed by atoms with E-state index in [0.29, 0.717) is 13.0 Å². The fourth-order valence-electron chi connectivity index (χ4n) is 0.594. The topological polar surface area (TPSA) is 55.1 Å². The van der Waals surface area contributed by atoms with Crippen LogP contribution in [0.4, 0.5) is 0 Å². The van der Waals surface area contributed by atoms with E-state index in [2.05, 4.69) is 11.9 Å². The largest absolute Gasteiger partial charge is 0.351 e. The van der Waals surface area contributed by atoms with Crippen molar-refractivity contribution in [3.8, 4) is 0 Å². The van der Waals surface area contributed by atoms with Gasteiger partial charge in [0.15, 0.2) is 0 Å². The molecule has 0 bridgehead atoms. The first-order chi connectivity index (χ1) is 5.40. The SMILES string of the molecule is C=C(C)CNC(=O)C(C)(N)CC. The van der Waals surface area contributed by atoms with Gasteiger partial charge in [0, 0.05) is 6.54 Å². The molecule has 12 heavy (non-hydrogen) atoms. The Morgan fingerprint density at radius 2 is 2.17 bits per heavy atom. The normalized spacial score (nSPS) is 15.0. The Balaban J connectivity index is 3.96. The van der Waals surface area contributed by atoms with Gasteiger partial charge in [0.2, 0.25) is 5.91 Å². The summed E-state index contributed by atoms with van der Waals surface area (Å²) in [7, 11) is 0. The van der Waals surface area contributed by atoms with Crippen LogP contribution in [0.2, 0.25) is 0 Å². The van der Waals surface area contributed by atoms with Crippen LogP contribution in [0.1, 0.15) is 27.2 Å². The predicted molar refractivity (Wildman–Crippen MR) is 50.7 cm³/mol. The standard InChI is InChI=1S/C9H18N2O/c1-5-9(4,10)8(12)11-6-7(2)3/h2,5-6,10H2,1,3-4H3,(H,11,12). The number of amides is 1. The molecule has 0 aliphatic heterocycles. The number of rotatable bonds is 4. The lowest BCUT2D eigenvalue weighted by Gasteiger charge is -2.21. The number of carbonyl (C=O) groups is 1. The molecule has 3 heteroatoms. The zero-order valence-corrected chi connectivity index (χ0v) is 8.11. The summed E-state index contributed by atoms with van der Waals surface area (Å²) in [5, 5.41) is 2.71. The quantitative estimate of drug-likeness (QED) is 0.613. The smallest absolute Gasteiger partial charge is 0.240 e. The highest BCUT2D eigenvalue weighted by molar-refractivity contribution is 5.85. The van der Waals surface area contributed by atoms with Crippen molar-refractivity contribution in [2.45, 2.75) is 32.7 Å². The Morgan fingerprint density at radius 1 is 1.67 bits per heavy atom. The minimum Gasteiger partial charge on any atom is -0.351 e. The molecular formula is C9H18N2O. The van der Waals surface area contributed by atoms with E-state index in [4.69, 9.17) is 5.73 Å². The molecule has 0 radical (unpaired) electrons. The van der Waals surface area contributed by atoms with Gasteiger partial charge < -0.3 is 11.1 Å². The number of nitrogens with one attached hydrogen (secondary N) is 1. The highest BCUT2D eigenvalue weighted by atomic mass is 16.2. The van der Waals surface area contributed by atoms with Crippen molar-refractivity contribution < 1.29 is 4.79 Å². The maximum atomic E-state index is 11.3. The zero-order chi connectivity index (χ0) is 9.78. The summed E-state index contributed by atoms with van der Waals surface area (Å²) in [5.74, 6) is -0.118. The Hall–Kier alpha value is -0.830. The van der Waals surface area contributed by atoms with Crippen LogP contribution in [0.3, 0.4) is 0 Å². The summed E-state index contributed by atoms with van der Waals surface area (Å²) in [5.41, 5.74) is 5.88. The van der Waals surface area contributed by atoms with E-state index < -0.39 is 5.54 Å². The van der Waals surface area contributed by atoms with Crippen LogP contribution in [-0.2, 0) is 4.79 Å². The fraction of sp³-hybridized carbons (Fsp3) is 0.667. The van der Waals surface area contributed by atoms with Crippen molar-refractivity contribution in [2.75, 3.05) is 6.54 Å². The van der Waals surface area contributed by atoms with Crippen LogP contribution in [0, 0.1) is 0 Å². The summed E-state index contributed by atoms with van der Waals surface area (Å²) < 4.78 is 0. The predicted octanol–water partition coefficient (Wildman–Crippen LogP) is 0.806. The molecular weight excluding hydrogens is 152 g/mol. The van der Waals surface area contributed by atoms with Gasteiger partial charge in [-0.15, -0.1) is 0 Å². The Labute approximate surface area is 74.0 Å². The molecule has 3 nitrogen and oxygen atoms in total. The van der Waals surface area contributed by atoms with Gasteiger partial charge in [-0.3, -0.25) is 4.79 Å². The molecule has 0 heterocycles. The van der Waals surface area contributed by atoms with E-state index in [1.54, 1.807) is 6.92 Å². The first-order valence-electron chi connectivity index (χ1n) is 4.11. The van der Waals surface area contributed by atoms with Crippen molar-refractivity contribution in [1.29, 1.82) is 0 Å². The van der Waals surface area contributed by atoms with Crippen molar-refractivity contribution in [2.24, 2.45) is 5.73 Å². The van der Waals surface area contributed by atoms with Crippen LogP contribution in [0.15, 0.2) is 12.2 Å². The van der Waals surface area contributed by atoms with Gasteiger partial charge in [0.1, 0.15) is 0 Å². The molecule has 0 rings (SSSR count). The number of carbonyl (C=O) groups excluding carboxylic acids is 1. The first kappa shape index (κ1) is 11.2. The number of hydrogen-bond acceptors (Lipinski definition) is 2. The van der Waals surface area contributed by atoms with Gasteiger partial charge in [0.25, 0.3) is 0 Å². The summed E-state index contributed by atoms with van der Waals surface area (Å²) in [6, 6.07) is 0. The summed E-state index contributed by atoms with van der Waals surface area (Å²) in [6.45, 7) is 9.66. The third kappa shape index (κ3) is 3.53. The second-order valence-corrected chi connectivity index (χ2v) is 3.41. The highest BCUT2D eigenvalue weighted by Crippen LogP contribution is 2.03. The molecule has 0 saturated carbocycles. The maximum Gasteiger partial charge on any atom is 0.240 e. The van der Waals surface area contributed by atoms with Crippen molar-refractivity contribution in [3.05, 3.63) is 12.2 Å². The number of hydrogen-bond donors (Lipinski definition) is 2. The lowest BCUT2D eigenvalue weighted by Crippen LogP contribution is -2.51. The van der Waals surface area contributed by atoms with Gasteiger partial charge in [0.05, 0.1) is 5.54 Å². The van der Waals surface area contributed by atoms with Gasteiger partial charge in [-0.05, 0) is 20.3 Å². The average Bonchev–Trinajstić information content (AvgIpc) is 2.00. The molecule has 1 atom stereocenters. The minimum absolute atomic E-state index is 0.118. The van der Waals surface area contributed by atoms with E-state index in [1.807, 2.05) is 13.8 Å².